The molecule has 4 rings (SSSR count). The van der Waals surface area contributed by atoms with E-state index in [1.54, 1.807) is 6.07 Å². The predicted octanol–water partition coefficient (Wildman–Crippen LogP) is 0.0896. The topological polar surface area (TPSA) is 169 Å². The second-order valence-corrected chi connectivity index (χ2v) is 6.21. The van der Waals surface area contributed by atoms with Gasteiger partial charge in [0.05, 0.1) is 17.9 Å². The first-order valence-electron chi connectivity index (χ1n) is 8.31. The summed E-state index contributed by atoms with van der Waals surface area (Å²) in [5.41, 5.74) is 1.02. The van der Waals surface area contributed by atoms with E-state index in [1.165, 1.54) is 35.4 Å². The molecule has 4 N–H and O–H groups in total. The van der Waals surface area contributed by atoms with Crippen LogP contribution in [-0.2, 0) is 4.74 Å². The quantitative estimate of drug-likeness (QED) is 0.347. The van der Waals surface area contributed by atoms with E-state index < -0.39 is 36.1 Å². The smallest absolute Gasteiger partial charge is 0.271 e. The van der Waals surface area contributed by atoms with Crippen LogP contribution in [0.15, 0.2) is 36.9 Å². The molecule has 12 heteroatoms. The number of nitro groups is 1. The van der Waals surface area contributed by atoms with E-state index in [9.17, 15) is 25.4 Å². The number of aromatic nitrogens is 4. The number of anilines is 2. The van der Waals surface area contributed by atoms with Gasteiger partial charge in [0.2, 0.25) is 0 Å². The summed E-state index contributed by atoms with van der Waals surface area (Å²) >= 11 is 0. The number of nitrogens with zero attached hydrogens (tertiary/aromatic N) is 5. The number of hydrogen-bond acceptors (Lipinski definition) is 10. The third-order valence-corrected chi connectivity index (χ3v) is 4.47. The zero-order valence-corrected chi connectivity index (χ0v) is 14.3. The third kappa shape index (κ3) is 3.03. The molecule has 1 aliphatic heterocycles. The lowest BCUT2D eigenvalue weighted by molar-refractivity contribution is -0.384. The van der Waals surface area contributed by atoms with Gasteiger partial charge in [-0.1, -0.05) is 6.07 Å². The zero-order valence-electron chi connectivity index (χ0n) is 14.3. The summed E-state index contributed by atoms with van der Waals surface area (Å²) in [7, 11) is 0. The summed E-state index contributed by atoms with van der Waals surface area (Å²) in [6, 6.07) is 5.91. The van der Waals surface area contributed by atoms with Crippen LogP contribution in [0.1, 0.15) is 6.23 Å². The largest absolute Gasteiger partial charge is 0.394 e. The lowest BCUT2D eigenvalue weighted by Crippen LogP contribution is -2.33. The lowest BCUT2D eigenvalue weighted by Gasteiger charge is -2.16. The second-order valence-electron chi connectivity index (χ2n) is 6.21. The maximum absolute atomic E-state index is 10.9. The van der Waals surface area contributed by atoms with Crippen LogP contribution in [0.25, 0.3) is 11.2 Å². The van der Waals surface area contributed by atoms with Gasteiger partial charge in [-0.15, -0.1) is 0 Å². The minimum atomic E-state index is -1.28. The molecule has 0 saturated carbocycles. The summed E-state index contributed by atoms with van der Waals surface area (Å²) < 4.78 is 6.93. The molecule has 0 amide bonds. The van der Waals surface area contributed by atoms with Gasteiger partial charge in [-0.3, -0.25) is 14.7 Å². The molecule has 3 heterocycles. The number of ether oxygens (including phenoxy) is 1. The predicted molar refractivity (Wildman–Crippen MR) is 94.7 cm³/mol. The van der Waals surface area contributed by atoms with Crippen LogP contribution in [0.3, 0.4) is 0 Å². The Bertz CT molecular complexity index is 1030. The fourth-order valence-corrected chi connectivity index (χ4v) is 3.07. The van der Waals surface area contributed by atoms with Crippen LogP contribution in [0.2, 0.25) is 0 Å². The van der Waals surface area contributed by atoms with Crippen molar-refractivity contribution in [2.45, 2.75) is 24.5 Å². The van der Waals surface area contributed by atoms with Gasteiger partial charge in [-0.2, -0.15) is 0 Å². The summed E-state index contributed by atoms with van der Waals surface area (Å²) in [5, 5.41) is 43.3. The van der Waals surface area contributed by atoms with Crippen LogP contribution < -0.4 is 5.32 Å². The number of nitro benzene ring substituents is 1. The molecule has 1 aliphatic rings. The van der Waals surface area contributed by atoms with Gasteiger partial charge in [0.15, 0.2) is 23.2 Å². The molecule has 1 fully saturated rings. The molecular formula is C16H16N6O6. The Labute approximate surface area is 157 Å². The van der Waals surface area contributed by atoms with Crippen molar-refractivity contribution < 1.29 is 25.0 Å². The highest BCUT2D eigenvalue weighted by atomic mass is 16.6. The van der Waals surface area contributed by atoms with Crippen molar-refractivity contribution in [1.82, 2.24) is 19.5 Å². The van der Waals surface area contributed by atoms with Crippen LogP contribution in [0.4, 0.5) is 17.2 Å². The Morgan fingerprint density at radius 3 is 2.79 bits per heavy atom. The molecule has 3 aromatic rings. The van der Waals surface area contributed by atoms with E-state index in [0.717, 1.165) is 0 Å². The van der Waals surface area contributed by atoms with E-state index in [-0.39, 0.29) is 5.69 Å². The minimum absolute atomic E-state index is 0.0765. The number of rotatable bonds is 5. The molecular weight excluding hydrogens is 372 g/mol. The number of hydrogen-bond donors (Lipinski definition) is 4. The molecule has 0 aliphatic carbocycles. The number of imidazole rings is 1. The summed E-state index contributed by atoms with van der Waals surface area (Å²) in [5.74, 6) is 0.302. The summed E-state index contributed by atoms with van der Waals surface area (Å²) in [4.78, 5) is 22.9. The first-order chi connectivity index (χ1) is 13.5. The van der Waals surface area contributed by atoms with Gasteiger partial charge in [0.1, 0.15) is 24.6 Å². The number of benzene rings is 1. The monoisotopic (exact) mass is 388 g/mol. The fraction of sp³-hybridized carbons (Fsp3) is 0.312. The van der Waals surface area contributed by atoms with Crippen molar-refractivity contribution in [3.8, 4) is 0 Å². The van der Waals surface area contributed by atoms with Crippen molar-refractivity contribution in [1.29, 1.82) is 0 Å². The minimum Gasteiger partial charge on any atom is -0.394 e. The number of nitrogens with one attached hydrogen (secondary N) is 1. The average Bonchev–Trinajstić information content (AvgIpc) is 3.24. The van der Waals surface area contributed by atoms with Crippen LogP contribution in [0.5, 0.6) is 0 Å². The molecule has 4 atom stereocenters. The Morgan fingerprint density at radius 1 is 1.25 bits per heavy atom. The molecule has 0 unspecified atom stereocenters. The standard InChI is InChI=1S/C16H16N6O6/c23-5-10-12(24)13(25)16(28-10)21-7-19-11-14(17-6-18-15(11)21)20-8-2-1-3-9(4-8)22(26)27/h1-4,6-7,10,12-13,16,23-25H,5H2,(H,17,18,20)/t10-,12-,13-,16-/m1/s1. The zero-order chi connectivity index (χ0) is 19.8. The molecule has 0 bridgehead atoms. The van der Waals surface area contributed by atoms with Gasteiger partial charge < -0.3 is 25.4 Å². The Hall–Kier alpha value is -3.19. The van der Waals surface area contributed by atoms with E-state index in [1.807, 2.05) is 0 Å². The highest BCUT2D eigenvalue weighted by Gasteiger charge is 2.44. The third-order valence-electron chi connectivity index (χ3n) is 4.47. The second kappa shape index (κ2) is 7.09. The molecule has 1 aromatic carbocycles. The Kier molecular flexibility index (Phi) is 4.60. The van der Waals surface area contributed by atoms with E-state index in [0.29, 0.717) is 22.7 Å². The Balaban J connectivity index is 1.68. The van der Waals surface area contributed by atoms with Crippen LogP contribution >= 0.6 is 0 Å². The van der Waals surface area contributed by atoms with Crippen molar-refractivity contribution in [2.24, 2.45) is 0 Å². The molecule has 146 valence electrons. The highest BCUT2D eigenvalue weighted by Crippen LogP contribution is 2.32. The van der Waals surface area contributed by atoms with Crippen LogP contribution in [-0.4, -0.2) is 64.7 Å². The van der Waals surface area contributed by atoms with Gasteiger partial charge in [-0.25, -0.2) is 15.0 Å². The molecule has 28 heavy (non-hydrogen) atoms. The van der Waals surface area contributed by atoms with Crippen molar-refractivity contribution in [3.63, 3.8) is 0 Å². The number of aliphatic hydroxyl groups is 3. The molecule has 12 nitrogen and oxygen atoms in total. The number of non-ortho nitro benzene ring substituents is 1. The SMILES string of the molecule is O=[N+]([O-])c1cccc(Nc2ncnc3c2ncn3[C@@H]2O[C@H](CO)[C@@H](O)[C@H]2O)c1. The highest BCUT2D eigenvalue weighted by molar-refractivity contribution is 5.85. The Morgan fingerprint density at radius 2 is 2.07 bits per heavy atom. The van der Waals surface area contributed by atoms with E-state index >= 15 is 0 Å². The maximum atomic E-state index is 10.9. The van der Waals surface area contributed by atoms with Gasteiger partial charge in [-0.05, 0) is 6.07 Å². The normalized spacial score (nSPS) is 24.5. The summed E-state index contributed by atoms with van der Waals surface area (Å²) in [6.45, 7) is -0.448. The molecule has 0 radical (unpaired) electrons. The van der Waals surface area contributed by atoms with Gasteiger partial charge >= 0.3 is 0 Å². The van der Waals surface area contributed by atoms with E-state index in [4.69, 9.17) is 4.74 Å². The molecule has 2 aromatic heterocycles. The van der Waals surface area contributed by atoms with Crippen molar-refractivity contribution in [2.75, 3.05) is 11.9 Å². The number of fused-ring (bicyclic) bond motifs is 1. The lowest BCUT2D eigenvalue weighted by atomic mass is 10.1. The average molecular weight is 388 g/mol. The first-order valence-corrected chi connectivity index (χ1v) is 8.31. The first kappa shape index (κ1) is 18.2. The van der Waals surface area contributed by atoms with E-state index in [2.05, 4.69) is 20.3 Å². The molecule has 0 spiro atoms. The maximum Gasteiger partial charge on any atom is 0.271 e. The fourth-order valence-electron chi connectivity index (χ4n) is 3.07. The van der Waals surface area contributed by atoms with Crippen LogP contribution in [0, 0.1) is 10.1 Å². The van der Waals surface area contributed by atoms with Gasteiger partial charge in [0, 0.05) is 17.8 Å². The molecule has 1 saturated heterocycles. The van der Waals surface area contributed by atoms with Crippen molar-refractivity contribution >= 4 is 28.4 Å². The number of aliphatic hydroxyl groups excluding tert-OH is 3. The summed E-state index contributed by atoms with van der Waals surface area (Å²) in [6.07, 6.45) is -1.81. The van der Waals surface area contributed by atoms with Crippen molar-refractivity contribution in [3.05, 3.63) is 47.0 Å². The van der Waals surface area contributed by atoms with Gasteiger partial charge in [0.25, 0.3) is 5.69 Å².